The van der Waals surface area contributed by atoms with Gasteiger partial charge in [0.1, 0.15) is 15.9 Å². The van der Waals surface area contributed by atoms with Crippen LogP contribution >= 0.6 is 34.7 Å². The first kappa shape index (κ1) is 13.5. The second kappa shape index (κ2) is 4.96. The Morgan fingerprint density at radius 3 is 2.67 bits per heavy atom. The number of halogens is 2. The molecule has 0 aliphatic carbocycles. The Hall–Kier alpha value is -0.960. The van der Waals surface area contributed by atoms with Crippen LogP contribution in [0.1, 0.15) is 5.82 Å². The number of sulfonamides is 1. The maximum Gasteiger partial charge on any atom is 0.265 e. The number of aromatic nitrogens is 3. The van der Waals surface area contributed by atoms with E-state index in [1.807, 2.05) is 0 Å². The van der Waals surface area contributed by atoms with Crippen LogP contribution in [0.25, 0.3) is 0 Å². The average Bonchev–Trinajstić information content (AvgIpc) is 2.67. The summed E-state index contributed by atoms with van der Waals surface area (Å²) in [5.41, 5.74) is 0. The van der Waals surface area contributed by atoms with Gasteiger partial charge in [0.2, 0.25) is 5.13 Å². The lowest BCUT2D eigenvalue weighted by atomic mass is 10.5. The number of nitrogens with one attached hydrogen (secondary N) is 1. The largest absolute Gasteiger partial charge is 0.265 e. The predicted octanol–water partition coefficient (Wildman–Crippen LogP) is 2.35. The lowest BCUT2D eigenvalue weighted by Crippen LogP contribution is -2.13. The van der Waals surface area contributed by atoms with Gasteiger partial charge in [0.25, 0.3) is 10.0 Å². The second-order valence-corrected chi connectivity index (χ2v) is 6.40. The summed E-state index contributed by atoms with van der Waals surface area (Å²) in [7, 11) is -3.79. The van der Waals surface area contributed by atoms with E-state index in [1.165, 1.54) is 6.07 Å². The van der Waals surface area contributed by atoms with Gasteiger partial charge >= 0.3 is 0 Å². The van der Waals surface area contributed by atoms with E-state index in [-0.39, 0.29) is 20.2 Å². The molecule has 0 aliphatic rings. The predicted molar refractivity (Wildman–Crippen MR) is 69.7 cm³/mol. The van der Waals surface area contributed by atoms with Crippen molar-refractivity contribution in [3.8, 4) is 0 Å². The van der Waals surface area contributed by atoms with Crippen molar-refractivity contribution in [1.29, 1.82) is 0 Å². The smallest absolute Gasteiger partial charge is 0.253 e. The number of hydrogen-bond donors (Lipinski definition) is 1. The zero-order chi connectivity index (χ0) is 13.3. The molecule has 0 saturated carbocycles. The zero-order valence-electron chi connectivity index (χ0n) is 8.89. The maximum atomic E-state index is 12.0. The minimum Gasteiger partial charge on any atom is -0.253 e. The third-order valence-electron chi connectivity index (χ3n) is 1.83. The normalized spacial score (nSPS) is 11.5. The molecule has 1 N–H and O–H groups in total. The average molecular weight is 325 g/mol. The monoisotopic (exact) mass is 324 g/mol. The molecule has 0 unspecified atom stereocenters. The van der Waals surface area contributed by atoms with E-state index >= 15 is 0 Å². The third-order valence-corrected chi connectivity index (χ3v) is 4.67. The summed E-state index contributed by atoms with van der Waals surface area (Å²) in [5, 5.41) is 0.286. The number of aryl methyl sites for hydroxylation is 1. The van der Waals surface area contributed by atoms with Crippen molar-refractivity contribution in [2.75, 3.05) is 4.72 Å². The van der Waals surface area contributed by atoms with E-state index in [1.54, 1.807) is 6.92 Å². The van der Waals surface area contributed by atoms with Crippen LogP contribution in [0.15, 0.2) is 17.2 Å². The Labute approximate surface area is 117 Å². The number of nitrogens with zero attached hydrogens (tertiary/aromatic N) is 3. The van der Waals surface area contributed by atoms with Gasteiger partial charge in [0, 0.05) is 17.7 Å². The molecule has 2 rings (SSSR count). The van der Waals surface area contributed by atoms with Gasteiger partial charge in [-0.15, -0.1) is 0 Å². The van der Waals surface area contributed by atoms with E-state index in [0.717, 1.165) is 17.7 Å². The first-order valence-corrected chi connectivity index (χ1v) is 7.54. The summed E-state index contributed by atoms with van der Waals surface area (Å²) in [6.45, 7) is 1.66. The Bertz CT molecular complexity index is 686. The zero-order valence-corrected chi connectivity index (χ0v) is 12.0. The summed E-state index contributed by atoms with van der Waals surface area (Å²) in [6, 6.07) is 1.22. The molecule has 0 aromatic carbocycles. The Balaban J connectivity index is 2.33. The molecule has 0 fully saturated rings. The van der Waals surface area contributed by atoms with Crippen LogP contribution in [0.5, 0.6) is 0 Å². The molecule has 0 atom stereocenters. The third kappa shape index (κ3) is 2.89. The van der Waals surface area contributed by atoms with Crippen molar-refractivity contribution in [2.45, 2.75) is 11.8 Å². The fourth-order valence-corrected chi connectivity index (χ4v) is 3.17. The van der Waals surface area contributed by atoms with Crippen molar-refractivity contribution in [2.24, 2.45) is 0 Å². The fourth-order valence-electron chi connectivity index (χ4n) is 1.06. The minimum absolute atomic E-state index is 0.0439. The summed E-state index contributed by atoms with van der Waals surface area (Å²) in [5.74, 6) is 0.491. The first-order valence-electron chi connectivity index (χ1n) is 4.52. The van der Waals surface area contributed by atoms with Crippen molar-refractivity contribution < 1.29 is 8.42 Å². The molecule has 0 amide bonds. The highest BCUT2D eigenvalue weighted by molar-refractivity contribution is 7.93. The molecule has 18 heavy (non-hydrogen) atoms. The van der Waals surface area contributed by atoms with Crippen molar-refractivity contribution in [3.05, 3.63) is 28.3 Å². The maximum absolute atomic E-state index is 12.0. The van der Waals surface area contributed by atoms with Gasteiger partial charge in [0.05, 0.1) is 5.02 Å². The molecule has 6 nitrogen and oxygen atoms in total. The molecular formula is C8H6Cl2N4O2S2. The highest BCUT2D eigenvalue weighted by Crippen LogP contribution is 2.24. The van der Waals surface area contributed by atoms with Crippen molar-refractivity contribution >= 4 is 49.9 Å². The second-order valence-electron chi connectivity index (χ2n) is 3.20. The molecule has 0 spiro atoms. The minimum atomic E-state index is -3.79. The van der Waals surface area contributed by atoms with Gasteiger partial charge < -0.3 is 0 Å². The van der Waals surface area contributed by atoms with E-state index in [0.29, 0.717) is 5.82 Å². The van der Waals surface area contributed by atoms with Gasteiger partial charge in [-0.05, 0) is 13.0 Å². The first-order chi connectivity index (χ1) is 8.38. The van der Waals surface area contributed by atoms with E-state index in [2.05, 4.69) is 19.1 Å². The van der Waals surface area contributed by atoms with Gasteiger partial charge in [0.15, 0.2) is 0 Å². The van der Waals surface area contributed by atoms with Crippen LogP contribution in [-0.4, -0.2) is 22.8 Å². The highest BCUT2D eigenvalue weighted by atomic mass is 35.5. The standard InChI is InChI=1S/C8H6Cl2N4O2S2/c1-4-12-8(17-13-4)14-18(15,16)5-2-6(9)7(10)11-3-5/h2-3H,1H3,(H,12,13,14). The van der Waals surface area contributed by atoms with Crippen LogP contribution in [0, 0.1) is 6.92 Å². The molecule has 0 bridgehead atoms. The Kier molecular flexibility index (Phi) is 3.71. The van der Waals surface area contributed by atoms with Crippen molar-refractivity contribution in [3.63, 3.8) is 0 Å². The Morgan fingerprint density at radius 2 is 2.11 bits per heavy atom. The number of rotatable bonds is 3. The van der Waals surface area contributed by atoms with Gasteiger partial charge in [-0.25, -0.2) is 18.4 Å². The summed E-state index contributed by atoms with van der Waals surface area (Å²) < 4.78 is 30.1. The quantitative estimate of drug-likeness (QED) is 0.876. The molecule has 2 heterocycles. The highest BCUT2D eigenvalue weighted by Gasteiger charge is 2.18. The molecule has 10 heteroatoms. The topological polar surface area (TPSA) is 84.8 Å². The number of pyridine rings is 1. The molecule has 0 saturated heterocycles. The summed E-state index contributed by atoms with van der Waals surface area (Å²) in [6.07, 6.45) is 1.12. The van der Waals surface area contributed by atoms with Gasteiger partial charge in [-0.1, -0.05) is 23.2 Å². The van der Waals surface area contributed by atoms with Crippen LogP contribution in [0.3, 0.4) is 0 Å². The summed E-state index contributed by atoms with van der Waals surface area (Å²) in [4.78, 5) is 7.48. The summed E-state index contributed by atoms with van der Waals surface area (Å²) >= 11 is 12.3. The van der Waals surface area contributed by atoms with Crippen LogP contribution < -0.4 is 4.72 Å². The van der Waals surface area contributed by atoms with Crippen LogP contribution in [-0.2, 0) is 10.0 Å². The van der Waals surface area contributed by atoms with Gasteiger partial charge in [-0.2, -0.15) is 4.37 Å². The number of anilines is 1. The molecule has 0 aliphatic heterocycles. The van der Waals surface area contributed by atoms with Crippen LogP contribution in [0.4, 0.5) is 5.13 Å². The number of hydrogen-bond acceptors (Lipinski definition) is 6. The lowest BCUT2D eigenvalue weighted by Gasteiger charge is -2.04. The molecule has 2 aromatic rings. The molecule has 0 radical (unpaired) electrons. The van der Waals surface area contributed by atoms with Gasteiger partial charge in [-0.3, -0.25) is 4.72 Å². The van der Waals surface area contributed by atoms with E-state index in [4.69, 9.17) is 23.2 Å². The molecule has 2 aromatic heterocycles. The van der Waals surface area contributed by atoms with E-state index in [9.17, 15) is 8.42 Å². The molecule has 96 valence electrons. The van der Waals surface area contributed by atoms with Crippen LogP contribution in [0.2, 0.25) is 10.2 Å². The van der Waals surface area contributed by atoms with Crippen molar-refractivity contribution in [1.82, 2.24) is 14.3 Å². The lowest BCUT2D eigenvalue weighted by molar-refractivity contribution is 0.601. The molecular weight excluding hydrogens is 319 g/mol. The fraction of sp³-hybridized carbons (Fsp3) is 0.125. The Morgan fingerprint density at radius 1 is 1.39 bits per heavy atom. The van der Waals surface area contributed by atoms with E-state index < -0.39 is 10.0 Å². The SMILES string of the molecule is Cc1nsc(NS(=O)(=O)c2cnc(Cl)c(Cl)c2)n1.